The number of halogens is 6. The number of hydrogen-bond donors (Lipinski definition) is 4. The third-order valence-corrected chi connectivity index (χ3v) is 7.37. The molecule has 1 fully saturated rings. The van der Waals surface area contributed by atoms with Gasteiger partial charge in [-0.25, -0.2) is 13.6 Å². The maximum atomic E-state index is 14.9. The van der Waals surface area contributed by atoms with Gasteiger partial charge in [0.25, 0.3) is 0 Å². The molecular formula is C30H31ClF5N5O4. The van der Waals surface area contributed by atoms with Gasteiger partial charge in [0, 0.05) is 23.0 Å². The zero-order valence-electron chi connectivity index (χ0n) is 23.8. The Morgan fingerprint density at radius 1 is 1.09 bits per heavy atom. The SMILES string of the molecule is N[C@H](C(=O)Nc1cncc(F)c1CC[C@@H]1CN[C@H](COC(=O)NCC(F)(F)F)CO1)[C@H](c1ccc(F)cc1)c1ccc(Cl)cc1. The fourth-order valence-electron chi connectivity index (χ4n) is 4.80. The normalized spacial score (nSPS) is 18.1. The first-order valence-electron chi connectivity index (χ1n) is 13.9. The summed E-state index contributed by atoms with van der Waals surface area (Å²) in [5, 5.41) is 7.87. The highest BCUT2D eigenvalue weighted by Gasteiger charge is 2.30. The molecule has 0 aliphatic carbocycles. The number of morpholine rings is 1. The Labute approximate surface area is 260 Å². The van der Waals surface area contributed by atoms with E-state index in [1.54, 1.807) is 29.6 Å². The van der Waals surface area contributed by atoms with Crippen LogP contribution >= 0.6 is 11.6 Å². The molecule has 1 saturated heterocycles. The number of nitrogens with two attached hydrogens (primary N) is 1. The molecule has 4 atom stereocenters. The summed E-state index contributed by atoms with van der Waals surface area (Å²) in [6, 6.07) is 10.7. The number of alkyl halides is 3. The minimum absolute atomic E-state index is 0.101. The van der Waals surface area contributed by atoms with Crippen LogP contribution in [0.25, 0.3) is 0 Å². The molecule has 1 aliphatic heterocycles. The summed E-state index contributed by atoms with van der Waals surface area (Å²) >= 11 is 6.04. The molecule has 2 aromatic carbocycles. The molecule has 2 amide bonds. The van der Waals surface area contributed by atoms with Crippen molar-refractivity contribution in [2.24, 2.45) is 5.73 Å². The Morgan fingerprint density at radius 3 is 2.38 bits per heavy atom. The molecular weight excluding hydrogens is 625 g/mol. The Bertz CT molecular complexity index is 1390. The molecule has 0 radical (unpaired) electrons. The van der Waals surface area contributed by atoms with Crippen LogP contribution in [0, 0.1) is 11.6 Å². The lowest BCUT2D eigenvalue weighted by Gasteiger charge is -2.30. The molecule has 0 bridgehead atoms. The highest BCUT2D eigenvalue weighted by Crippen LogP contribution is 2.30. The molecule has 45 heavy (non-hydrogen) atoms. The van der Waals surface area contributed by atoms with E-state index >= 15 is 0 Å². The zero-order chi connectivity index (χ0) is 32.6. The van der Waals surface area contributed by atoms with Crippen LogP contribution in [0.1, 0.15) is 29.0 Å². The maximum absolute atomic E-state index is 14.9. The largest absolute Gasteiger partial charge is 0.448 e. The summed E-state index contributed by atoms with van der Waals surface area (Å²) in [7, 11) is 0. The second-order valence-corrected chi connectivity index (χ2v) is 10.8. The quantitative estimate of drug-likeness (QED) is 0.221. The van der Waals surface area contributed by atoms with Gasteiger partial charge in [-0.15, -0.1) is 0 Å². The number of benzene rings is 2. The number of nitrogens with one attached hydrogen (secondary N) is 3. The van der Waals surface area contributed by atoms with Crippen LogP contribution < -0.4 is 21.7 Å². The number of aromatic nitrogens is 1. The van der Waals surface area contributed by atoms with Crippen LogP contribution in [-0.4, -0.2) is 67.7 Å². The number of alkyl carbamates (subject to hydrolysis) is 1. The van der Waals surface area contributed by atoms with Gasteiger partial charge < -0.3 is 31.2 Å². The standard InChI is InChI=1S/C30H31ClF5N5O4/c31-19-5-1-17(2-6-19)26(18-3-7-20(32)8-4-18)27(37)28(42)41-25-13-38-12-24(33)23(25)10-9-22-11-39-21(14-44-22)15-45-29(43)40-16-30(34,35)36/h1-8,12-13,21-22,26-27,39H,9-11,14-16,37H2,(H,40,43)(H,41,42)/t21-,22+,26-,27-/m0/s1. The molecule has 0 saturated carbocycles. The monoisotopic (exact) mass is 655 g/mol. The molecule has 9 nitrogen and oxygen atoms in total. The third kappa shape index (κ3) is 10.1. The van der Waals surface area contributed by atoms with Crippen LogP contribution in [0.2, 0.25) is 5.02 Å². The van der Waals surface area contributed by atoms with E-state index in [2.05, 4.69) is 15.6 Å². The topological polar surface area (TPSA) is 128 Å². The van der Waals surface area contributed by atoms with Gasteiger partial charge in [-0.05, 0) is 48.2 Å². The van der Waals surface area contributed by atoms with Gasteiger partial charge in [0.15, 0.2) is 0 Å². The van der Waals surface area contributed by atoms with E-state index in [1.807, 2.05) is 0 Å². The number of carbonyl (C=O) groups excluding carboxylic acids is 2. The number of nitrogens with zero attached hydrogens (tertiary/aromatic N) is 1. The number of anilines is 1. The minimum Gasteiger partial charge on any atom is -0.448 e. The van der Waals surface area contributed by atoms with Gasteiger partial charge in [0.05, 0.1) is 42.9 Å². The van der Waals surface area contributed by atoms with Crippen molar-refractivity contribution in [2.75, 3.05) is 31.6 Å². The van der Waals surface area contributed by atoms with E-state index in [9.17, 15) is 31.5 Å². The van der Waals surface area contributed by atoms with Gasteiger partial charge in [-0.2, -0.15) is 13.2 Å². The highest BCUT2D eigenvalue weighted by molar-refractivity contribution is 6.30. The molecule has 15 heteroatoms. The number of rotatable bonds is 11. The first-order valence-corrected chi connectivity index (χ1v) is 14.3. The summed E-state index contributed by atoms with van der Waals surface area (Å²) in [6.45, 7) is -1.30. The van der Waals surface area contributed by atoms with Gasteiger partial charge in [-0.3, -0.25) is 9.78 Å². The summed E-state index contributed by atoms with van der Waals surface area (Å²) in [5.41, 5.74) is 8.02. The number of pyridine rings is 1. The molecule has 3 aromatic rings. The van der Waals surface area contributed by atoms with Crippen LogP contribution in [0.5, 0.6) is 0 Å². The van der Waals surface area contributed by atoms with E-state index in [4.69, 9.17) is 26.8 Å². The predicted octanol–water partition coefficient (Wildman–Crippen LogP) is 4.69. The van der Waals surface area contributed by atoms with Crippen LogP contribution in [-0.2, 0) is 20.7 Å². The molecule has 0 unspecified atom stereocenters. The summed E-state index contributed by atoms with van der Waals surface area (Å²) < 4.78 is 75.8. The Morgan fingerprint density at radius 2 is 1.76 bits per heavy atom. The zero-order valence-corrected chi connectivity index (χ0v) is 24.5. The first-order chi connectivity index (χ1) is 21.4. The number of carbonyl (C=O) groups is 2. The average molecular weight is 656 g/mol. The van der Waals surface area contributed by atoms with Crippen molar-refractivity contribution in [3.8, 4) is 0 Å². The minimum atomic E-state index is -4.55. The van der Waals surface area contributed by atoms with E-state index in [0.717, 1.165) is 6.20 Å². The molecule has 0 spiro atoms. The smallest absolute Gasteiger partial charge is 0.407 e. The predicted molar refractivity (Wildman–Crippen MR) is 156 cm³/mol. The van der Waals surface area contributed by atoms with Gasteiger partial charge in [0.2, 0.25) is 5.91 Å². The lowest BCUT2D eigenvalue weighted by atomic mass is 9.85. The first kappa shape index (κ1) is 34.0. The van der Waals surface area contributed by atoms with Crippen molar-refractivity contribution >= 4 is 29.3 Å². The molecule has 2 heterocycles. The molecule has 242 valence electrons. The second kappa shape index (κ2) is 15.4. The maximum Gasteiger partial charge on any atom is 0.407 e. The number of hydrogen-bond acceptors (Lipinski definition) is 7. The Kier molecular flexibility index (Phi) is 11.7. The fraction of sp³-hybridized carbons (Fsp3) is 0.367. The Balaban J connectivity index is 1.35. The van der Waals surface area contributed by atoms with E-state index in [0.29, 0.717) is 29.1 Å². The highest BCUT2D eigenvalue weighted by atomic mass is 35.5. The van der Waals surface area contributed by atoms with Crippen molar-refractivity contribution in [3.63, 3.8) is 0 Å². The lowest BCUT2D eigenvalue weighted by molar-refractivity contribution is -0.124. The third-order valence-electron chi connectivity index (χ3n) is 7.12. The van der Waals surface area contributed by atoms with Crippen LogP contribution in [0.15, 0.2) is 60.9 Å². The summed E-state index contributed by atoms with van der Waals surface area (Å²) in [6.07, 6.45) is -3.28. The number of ether oxygens (including phenoxy) is 2. The van der Waals surface area contributed by atoms with Crippen molar-refractivity contribution in [2.45, 2.75) is 43.1 Å². The van der Waals surface area contributed by atoms with Gasteiger partial charge >= 0.3 is 12.3 Å². The van der Waals surface area contributed by atoms with Crippen LogP contribution in [0.4, 0.5) is 32.4 Å². The summed E-state index contributed by atoms with van der Waals surface area (Å²) in [4.78, 5) is 28.7. The van der Waals surface area contributed by atoms with Gasteiger partial charge in [-0.1, -0.05) is 35.9 Å². The van der Waals surface area contributed by atoms with Crippen molar-refractivity contribution in [1.82, 2.24) is 15.6 Å². The second-order valence-electron chi connectivity index (χ2n) is 10.4. The van der Waals surface area contributed by atoms with E-state index in [1.165, 1.54) is 30.5 Å². The van der Waals surface area contributed by atoms with Gasteiger partial charge in [0.1, 0.15) is 24.8 Å². The fourth-order valence-corrected chi connectivity index (χ4v) is 4.93. The lowest BCUT2D eigenvalue weighted by Crippen LogP contribution is -2.49. The molecule has 1 aliphatic rings. The summed E-state index contributed by atoms with van der Waals surface area (Å²) in [5.74, 6) is -2.39. The molecule has 4 rings (SSSR count). The molecule has 1 aromatic heterocycles. The van der Waals surface area contributed by atoms with Crippen molar-refractivity contribution in [3.05, 3.63) is 94.3 Å². The van der Waals surface area contributed by atoms with Crippen molar-refractivity contribution < 1.29 is 41.0 Å². The molecule has 5 N–H and O–H groups in total. The van der Waals surface area contributed by atoms with E-state index < -0.39 is 54.4 Å². The average Bonchev–Trinajstić information content (AvgIpc) is 3.01. The number of amides is 2. The van der Waals surface area contributed by atoms with Crippen molar-refractivity contribution in [1.29, 1.82) is 0 Å². The van der Waals surface area contributed by atoms with Crippen LogP contribution in [0.3, 0.4) is 0 Å². The Hall–Kier alpha value is -3.85. The van der Waals surface area contributed by atoms with E-state index in [-0.39, 0.29) is 37.0 Å².